The number of nitrogens with zero attached hydrogens (tertiary/aromatic N) is 1. The van der Waals surface area contributed by atoms with Crippen molar-refractivity contribution in [3.8, 4) is 6.07 Å². The SMILES string of the molecule is CC(C)(C)c1ccc(CS/C(Nc2ccccc2F)=C(\C#N)S(=O)(=O)c2ccccc2)cc1. The maximum atomic E-state index is 14.3. The Bertz CT molecular complexity index is 1290. The summed E-state index contributed by atoms with van der Waals surface area (Å²) in [7, 11) is -4.10. The molecule has 0 saturated carbocycles. The molecule has 0 amide bonds. The zero-order chi connectivity index (χ0) is 24.1. The number of nitrogens with one attached hydrogen (secondary N) is 1. The lowest BCUT2D eigenvalue weighted by atomic mass is 9.87. The van der Waals surface area contributed by atoms with Crippen molar-refractivity contribution in [2.75, 3.05) is 5.32 Å². The summed E-state index contributed by atoms with van der Waals surface area (Å²) >= 11 is 1.15. The lowest BCUT2D eigenvalue weighted by Gasteiger charge is -2.19. The van der Waals surface area contributed by atoms with Gasteiger partial charge in [-0.1, -0.05) is 75.4 Å². The first-order chi connectivity index (χ1) is 15.6. The van der Waals surface area contributed by atoms with Gasteiger partial charge >= 0.3 is 0 Å². The molecule has 0 bridgehead atoms. The summed E-state index contributed by atoms with van der Waals surface area (Å²) in [6.45, 7) is 6.39. The van der Waals surface area contributed by atoms with Gasteiger partial charge in [-0.3, -0.25) is 0 Å². The fourth-order valence-electron chi connectivity index (χ4n) is 3.05. The van der Waals surface area contributed by atoms with E-state index in [1.807, 2.05) is 30.3 Å². The summed E-state index contributed by atoms with van der Waals surface area (Å²) in [6.07, 6.45) is 0. The van der Waals surface area contributed by atoms with E-state index in [0.717, 1.165) is 17.3 Å². The van der Waals surface area contributed by atoms with Crippen LogP contribution in [-0.2, 0) is 21.0 Å². The molecule has 0 atom stereocenters. The third-order valence-corrected chi connectivity index (χ3v) is 7.88. The quantitative estimate of drug-likeness (QED) is 0.384. The molecule has 4 nitrogen and oxygen atoms in total. The summed E-state index contributed by atoms with van der Waals surface area (Å²) < 4.78 is 40.8. The number of para-hydroxylation sites is 1. The van der Waals surface area contributed by atoms with Crippen molar-refractivity contribution in [3.63, 3.8) is 0 Å². The molecular formula is C26H25FN2O2S2. The predicted octanol–water partition coefficient (Wildman–Crippen LogP) is 6.64. The highest BCUT2D eigenvalue weighted by atomic mass is 32.2. The van der Waals surface area contributed by atoms with E-state index in [1.165, 1.54) is 29.8 Å². The zero-order valence-corrected chi connectivity index (χ0v) is 20.3. The monoisotopic (exact) mass is 480 g/mol. The number of hydrogen-bond donors (Lipinski definition) is 1. The van der Waals surface area contributed by atoms with Crippen LogP contribution in [0.3, 0.4) is 0 Å². The van der Waals surface area contributed by atoms with Gasteiger partial charge in [0.1, 0.15) is 16.9 Å². The molecule has 7 heteroatoms. The third-order valence-electron chi connectivity index (χ3n) is 4.96. The smallest absolute Gasteiger partial charge is 0.219 e. The minimum Gasteiger partial charge on any atom is -0.346 e. The Morgan fingerprint density at radius 2 is 1.58 bits per heavy atom. The highest BCUT2D eigenvalue weighted by molar-refractivity contribution is 8.04. The molecule has 0 spiro atoms. The van der Waals surface area contributed by atoms with E-state index in [1.54, 1.807) is 30.3 Å². The predicted molar refractivity (Wildman–Crippen MR) is 133 cm³/mol. The van der Waals surface area contributed by atoms with Crippen LogP contribution in [0.25, 0.3) is 0 Å². The molecule has 0 radical (unpaired) electrons. The molecule has 0 aliphatic rings. The molecule has 0 saturated heterocycles. The van der Waals surface area contributed by atoms with Gasteiger partial charge in [-0.05, 0) is 40.8 Å². The molecule has 0 aliphatic carbocycles. The van der Waals surface area contributed by atoms with E-state index in [-0.39, 0.29) is 21.0 Å². The molecule has 33 heavy (non-hydrogen) atoms. The molecule has 1 N–H and O–H groups in total. The third kappa shape index (κ3) is 6.04. The maximum absolute atomic E-state index is 14.3. The number of rotatable bonds is 7. The lowest BCUT2D eigenvalue weighted by molar-refractivity contribution is 0.590. The molecule has 0 unspecified atom stereocenters. The topological polar surface area (TPSA) is 70.0 Å². The van der Waals surface area contributed by atoms with Crippen LogP contribution >= 0.6 is 11.8 Å². The van der Waals surface area contributed by atoms with Crippen LogP contribution in [0.15, 0.2) is 93.7 Å². The van der Waals surface area contributed by atoms with Crippen molar-refractivity contribution < 1.29 is 12.8 Å². The highest BCUT2D eigenvalue weighted by Crippen LogP contribution is 2.32. The van der Waals surface area contributed by atoms with Gasteiger partial charge in [-0.25, -0.2) is 12.8 Å². The number of benzene rings is 3. The van der Waals surface area contributed by atoms with Gasteiger partial charge in [-0.2, -0.15) is 5.26 Å². The van der Waals surface area contributed by atoms with Crippen molar-refractivity contribution in [1.82, 2.24) is 0 Å². The zero-order valence-electron chi connectivity index (χ0n) is 18.7. The first-order valence-corrected chi connectivity index (χ1v) is 12.8. The molecule has 0 aliphatic heterocycles. The second-order valence-corrected chi connectivity index (χ2v) is 11.3. The van der Waals surface area contributed by atoms with Gasteiger partial charge in [0.25, 0.3) is 0 Å². The average molecular weight is 481 g/mol. The normalized spacial score (nSPS) is 12.6. The Kier molecular flexibility index (Phi) is 7.62. The molecule has 3 aromatic carbocycles. The van der Waals surface area contributed by atoms with Crippen molar-refractivity contribution in [1.29, 1.82) is 5.26 Å². The summed E-state index contributed by atoms with van der Waals surface area (Å²) in [6, 6.07) is 23.6. The molecule has 0 heterocycles. The molecule has 170 valence electrons. The van der Waals surface area contributed by atoms with Gasteiger partial charge in [0.2, 0.25) is 9.84 Å². The number of anilines is 1. The van der Waals surface area contributed by atoms with Crippen molar-refractivity contribution >= 4 is 27.3 Å². The fourth-order valence-corrected chi connectivity index (χ4v) is 5.58. The number of halogens is 1. The summed E-state index contributed by atoms with van der Waals surface area (Å²) in [4.78, 5) is -0.447. The van der Waals surface area contributed by atoms with Crippen LogP contribution in [0.2, 0.25) is 0 Å². The minimum atomic E-state index is -4.10. The van der Waals surface area contributed by atoms with Gasteiger partial charge in [-0.15, -0.1) is 11.8 Å². The van der Waals surface area contributed by atoms with E-state index in [0.29, 0.717) is 5.75 Å². The van der Waals surface area contributed by atoms with Crippen molar-refractivity contribution in [2.24, 2.45) is 0 Å². The van der Waals surface area contributed by atoms with Gasteiger partial charge < -0.3 is 5.32 Å². The minimum absolute atomic E-state index is 0.00418. The van der Waals surface area contributed by atoms with E-state index in [4.69, 9.17) is 0 Å². The standard InChI is InChI=1S/C26H25FN2O2S2/c1-26(2,3)20-15-13-19(14-16-20)18-32-25(29-23-12-8-7-11-22(23)27)24(17-28)33(30,31)21-9-5-4-6-10-21/h4-16,29H,18H2,1-3H3/b25-24+. The van der Waals surface area contributed by atoms with Crippen LogP contribution in [0, 0.1) is 17.1 Å². The molecule has 0 fully saturated rings. The lowest BCUT2D eigenvalue weighted by Crippen LogP contribution is -2.11. The van der Waals surface area contributed by atoms with Crippen LogP contribution in [-0.4, -0.2) is 8.42 Å². The summed E-state index contributed by atoms with van der Waals surface area (Å²) in [5.74, 6) is -0.143. The Hall–Kier alpha value is -3.08. The van der Waals surface area contributed by atoms with Gasteiger partial charge in [0.05, 0.1) is 10.6 Å². The summed E-state index contributed by atoms with van der Waals surface area (Å²) in [5.41, 5.74) is 2.25. The van der Waals surface area contributed by atoms with Gasteiger partial charge in [0, 0.05) is 5.75 Å². The molecular weight excluding hydrogens is 455 g/mol. The maximum Gasteiger partial charge on any atom is 0.219 e. The van der Waals surface area contributed by atoms with Crippen LogP contribution in [0.5, 0.6) is 0 Å². The second kappa shape index (κ2) is 10.2. The average Bonchev–Trinajstić information content (AvgIpc) is 2.79. The highest BCUT2D eigenvalue weighted by Gasteiger charge is 2.26. The van der Waals surface area contributed by atoms with E-state index in [2.05, 4.69) is 26.1 Å². The number of nitriles is 1. The fraction of sp³-hybridized carbons (Fsp3) is 0.192. The molecule has 3 rings (SSSR count). The Balaban J connectivity index is 2.00. The van der Waals surface area contributed by atoms with Crippen LogP contribution in [0.4, 0.5) is 10.1 Å². The number of allylic oxidation sites excluding steroid dienone is 1. The van der Waals surface area contributed by atoms with E-state index >= 15 is 0 Å². The number of sulfone groups is 1. The first-order valence-electron chi connectivity index (χ1n) is 10.3. The van der Waals surface area contributed by atoms with Crippen LogP contribution < -0.4 is 5.32 Å². The van der Waals surface area contributed by atoms with Crippen molar-refractivity contribution in [3.05, 3.63) is 106 Å². The Labute approximate surface area is 199 Å². The molecule has 3 aromatic rings. The Morgan fingerprint density at radius 3 is 2.15 bits per heavy atom. The van der Waals surface area contributed by atoms with Crippen LogP contribution in [0.1, 0.15) is 31.9 Å². The molecule has 0 aromatic heterocycles. The van der Waals surface area contributed by atoms with E-state index in [9.17, 15) is 18.1 Å². The van der Waals surface area contributed by atoms with Gasteiger partial charge in [0.15, 0.2) is 4.91 Å². The largest absolute Gasteiger partial charge is 0.346 e. The van der Waals surface area contributed by atoms with E-state index < -0.39 is 20.6 Å². The summed E-state index contributed by atoms with van der Waals surface area (Å²) in [5, 5.41) is 12.8. The second-order valence-electron chi connectivity index (χ2n) is 8.43. The van der Waals surface area contributed by atoms with Crippen molar-refractivity contribution in [2.45, 2.75) is 36.8 Å². The Morgan fingerprint density at radius 1 is 0.970 bits per heavy atom. The first kappa shape index (κ1) is 24.6. The number of thioether (sulfide) groups is 1. The number of hydrogen-bond acceptors (Lipinski definition) is 5.